The highest BCUT2D eigenvalue weighted by atomic mass is 79.9. The smallest absolute Gasteiger partial charge is 0.246 e. The van der Waals surface area contributed by atoms with Gasteiger partial charge in [0, 0.05) is 25.9 Å². The molecule has 5 heteroatoms. The fourth-order valence-corrected chi connectivity index (χ4v) is 2.61. The number of carbonyl (C=O) groups excluding carboxylic acids is 1. The number of carbonyl (C=O) groups is 1. The molecule has 0 bridgehead atoms. The van der Waals surface area contributed by atoms with E-state index in [9.17, 15) is 4.79 Å². The summed E-state index contributed by atoms with van der Waals surface area (Å²) >= 11 is 3.53. The first-order chi connectivity index (χ1) is 9.54. The Bertz CT molecular complexity index is 592. The number of aromatic nitrogens is 2. The molecule has 1 atom stereocenters. The van der Waals surface area contributed by atoms with Crippen LogP contribution >= 0.6 is 15.9 Å². The second-order valence-electron chi connectivity index (χ2n) is 4.83. The molecule has 2 aromatic rings. The summed E-state index contributed by atoms with van der Waals surface area (Å²) in [7, 11) is 3.53. The lowest BCUT2D eigenvalue weighted by Crippen LogP contribution is -2.31. The van der Waals surface area contributed by atoms with Gasteiger partial charge in [0.25, 0.3) is 0 Å². The third kappa shape index (κ3) is 2.93. The van der Waals surface area contributed by atoms with E-state index in [4.69, 9.17) is 0 Å². The van der Waals surface area contributed by atoms with Crippen LogP contribution in [0.1, 0.15) is 19.4 Å². The van der Waals surface area contributed by atoms with E-state index < -0.39 is 0 Å². The van der Waals surface area contributed by atoms with Crippen molar-refractivity contribution in [2.45, 2.75) is 19.4 Å². The van der Waals surface area contributed by atoms with Crippen molar-refractivity contribution in [1.82, 2.24) is 14.7 Å². The quantitative estimate of drug-likeness (QED) is 0.859. The van der Waals surface area contributed by atoms with Gasteiger partial charge < -0.3 is 4.90 Å². The summed E-state index contributed by atoms with van der Waals surface area (Å²) in [5.74, 6) is 0.0575. The van der Waals surface area contributed by atoms with Crippen LogP contribution in [0, 0.1) is 0 Å². The lowest BCUT2D eigenvalue weighted by molar-refractivity contribution is -0.132. The summed E-state index contributed by atoms with van der Waals surface area (Å²) < 4.78 is 2.64. The molecule has 0 aliphatic carbocycles. The Hall–Kier alpha value is -1.62. The van der Waals surface area contributed by atoms with Crippen LogP contribution in [0.4, 0.5) is 0 Å². The van der Waals surface area contributed by atoms with Crippen molar-refractivity contribution in [2.75, 3.05) is 14.1 Å². The topological polar surface area (TPSA) is 38.1 Å². The average molecular weight is 336 g/mol. The minimum atomic E-state index is -0.265. The van der Waals surface area contributed by atoms with Gasteiger partial charge in [-0.3, -0.25) is 9.48 Å². The molecule has 1 heterocycles. The number of amides is 1. The van der Waals surface area contributed by atoms with E-state index in [0.29, 0.717) is 6.42 Å². The van der Waals surface area contributed by atoms with Gasteiger partial charge >= 0.3 is 0 Å². The van der Waals surface area contributed by atoms with Gasteiger partial charge in [-0.25, -0.2) is 0 Å². The van der Waals surface area contributed by atoms with Gasteiger partial charge in [0.15, 0.2) is 0 Å². The Morgan fingerprint density at radius 2 is 2.00 bits per heavy atom. The maximum atomic E-state index is 12.2. The highest BCUT2D eigenvalue weighted by Gasteiger charge is 2.22. The minimum Gasteiger partial charge on any atom is -0.347 e. The Kier molecular flexibility index (Phi) is 4.60. The van der Waals surface area contributed by atoms with Crippen LogP contribution in [0.5, 0.6) is 0 Å². The van der Waals surface area contributed by atoms with Crippen LogP contribution in [0.3, 0.4) is 0 Å². The van der Waals surface area contributed by atoms with Crippen molar-refractivity contribution < 1.29 is 4.79 Å². The van der Waals surface area contributed by atoms with E-state index >= 15 is 0 Å². The van der Waals surface area contributed by atoms with Crippen molar-refractivity contribution in [2.24, 2.45) is 0 Å². The van der Waals surface area contributed by atoms with Gasteiger partial charge in [0.2, 0.25) is 5.91 Å². The van der Waals surface area contributed by atoms with Gasteiger partial charge in [-0.05, 0) is 22.4 Å². The van der Waals surface area contributed by atoms with Crippen LogP contribution in [-0.4, -0.2) is 34.7 Å². The van der Waals surface area contributed by atoms with E-state index in [1.807, 2.05) is 43.5 Å². The zero-order valence-corrected chi connectivity index (χ0v) is 13.5. The monoisotopic (exact) mass is 335 g/mol. The molecule has 0 aliphatic heterocycles. The average Bonchev–Trinajstić information content (AvgIpc) is 2.82. The number of hydrogen-bond donors (Lipinski definition) is 0. The van der Waals surface area contributed by atoms with Gasteiger partial charge in [0.05, 0.1) is 4.47 Å². The zero-order chi connectivity index (χ0) is 14.7. The molecule has 4 nitrogen and oxygen atoms in total. The molecular weight excluding hydrogens is 318 g/mol. The fourth-order valence-electron chi connectivity index (χ4n) is 2.09. The number of nitrogens with zero attached hydrogens (tertiary/aromatic N) is 3. The van der Waals surface area contributed by atoms with Gasteiger partial charge in [-0.15, -0.1) is 0 Å². The number of halogens is 1. The van der Waals surface area contributed by atoms with Crippen LogP contribution in [0.15, 0.2) is 41.0 Å². The second kappa shape index (κ2) is 6.22. The van der Waals surface area contributed by atoms with E-state index in [0.717, 1.165) is 15.7 Å². The minimum absolute atomic E-state index is 0.0575. The largest absolute Gasteiger partial charge is 0.347 e. The second-order valence-corrected chi connectivity index (χ2v) is 5.68. The molecule has 1 aromatic heterocycles. The number of benzene rings is 1. The third-order valence-electron chi connectivity index (χ3n) is 3.17. The molecule has 0 radical (unpaired) electrons. The maximum Gasteiger partial charge on any atom is 0.246 e. The molecule has 0 fully saturated rings. The first kappa shape index (κ1) is 14.8. The Morgan fingerprint density at radius 1 is 1.35 bits per heavy atom. The lowest BCUT2D eigenvalue weighted by Gasteiger charge is -2.19. The predicted octanol–water partition coefficient (Wildman–Crippen LogP) is 3.35. The summed E-state index contributed by atoms with van der Waals surface area (Å²) in [6.07, 6.45) is 2.58. The van der Waals surface area contributed by atoms with E-state index in [1.54, 1.807) is 23.7 Å². The van der Waals surface area contributed by atoms with Crippen molar-refractivity contribution >= 4 is 21.8 Å². The van der Waals surface area contributed by atoms with Crippen LogP contribution in [-0.2, 0) is 4.79 Å². The Balaban J connectivity index is 2.38. The molecule has 1 aromatic carbocycles. The normalized spacial score (nSPS) is 12.2. The third-order valence-corrected chi connectivity index (χ3v) is 3.75. The molecule has 0 saturated carbocycles. The van der Waals surface area contributed by atoms with Crippen molar-refractivity contribution in [3.05, 3.63) is 41.0 Å². The SMILES string of the molecule is CCC(C(=O)N(C)C)n1cc(Br)c(-c2ccccc2)n1. The lowest BCUT2D eigenvalue weighted by atomic mass is 10.2. The summed E-state index contributed by atoms with van der Waals surface area (Å²) in [6.45, 7) is 1.99. The predicted molar refractivity (Wildman–Crippen MR) is 83.4 cm³/mol. The van der Waals surface area contributed by atoms with Crippen molar-refractivity contribution in [1.29, 1.82) is 0 Å². The molecule has 20 heavy (non-hydrogen) atoms. The van der Waals surface area contributed by atoms with Gasteiger partial charge in [-0.1, -0.05) is 37.3 Å². The highest BCUT2D eigenvalue weighted by Crippen LogP contribution is 2.28. The molecule has 0 saturated heterocycles. The first-order valence-electron chi connectivity index (χ1n) is 6.55. The summed E-state index contributed by atoms with van der Waals surface area (Å²) in [5.41, 5.74) is 1.89. The Morgan fingerprint density at radius 3 is 2.55 bits per heavy atom. The van der Waals surface area contributed by atoms with E-state index in [1.165, 1.54) is 0 Å². The summed E-state index contributed by atoms with van der Waals surface area (Å²) in [4.78, 5) is 13.8. The van der Waals surface area contributed by atoms with Gasteiger partial charge in [-0.2, -0.15) is 5.10 Å². The summed E-state index contributed by atoms with van der Waals surface area (Å²) in [5, 5.41) is 4.58. The molecule has 0 aliphatic rings. The highest BCUT2D eigenvalue weighted by molar-refractivity contribution is 9.10. The van der Waals surface area contributed by atoms with E-state index in [-0.39, 0.29) is 11.9 Å². The summed E-state index contributed by atoms with van der Waals surface area (Å²) in [6, 6.07) is 9.67. The van der Waals surface area contributed by atoms with Crippen LogP contribution < -0.4 is 0 Å². The molecule has 0 N–H and O–H groups in total. The first-order valence-corrected chi connectivity index (χ1v) is 7.35. The van der Waals surface area contributed by atoms with Gasteiger partial charge in [0.1, 0.15) is 11.7 Å². The maximum absolute atomic E-state index is 12.2. The number of rotatable bonds is 4. The van der Waals surface area contributed by atoms with Crippen molar-refractivity contribution in [3.8, 4) is 11.3 Å². The molecule has 2 rings (SSSR count). The van der Waals surface area contributed by atoms with Crippen LogP contribution in [0.2, 0.25) is 0 Å². The number of likely N-dealkylation sites (N-methyl/N-ethyl adjacent to an activating group) is 1. The number of hydrogen-bond acceptors (Lipinski definition) is 2. The molecule has 1 amide bonds. The fraction of sp³-hybridized carbons (Fsp3) is 0.333. The zero-order valence-electron chi connectivity index (χ0n) is 11.9. The standard InChI is InChI=1S/C15H18BrN3O/c1-4-13(15(20)18(2)3)19-10-12(16)14(17-19)11-8-6-5-7-9-11/h5-10,13H,4H2,1-3H3. The molecular formula is C15H18BrN3O. The van der Waals surface area contributed by atoms with E-state index in [2.05, 4.69) is 21.0 Å². The Labute approximate surface area is 127 Å². The molecule has 0 spiro atoms. The molecule has 1 unspecified atom stereocenters. The van der Waals surface area contributed by atoms with Crippen molar-refractivity contribution in [3.63, 3.8) is 0 Å². The molecule has 106 valence electrons. The van der Waals surface area contributed by atoms with Crippen LogP contribution in [0.25, 0.3) is 11.3 Å².